The molecule has 5 nitrogen and oxygen atoms in total. The van der Waals surface area contributed by atoms with E-state index in [4.69, 9.17) is 16.3 Å². The molecule has 0 spiro atoms. The molecular weight excluding hydrogens is 466 g/mol. The molecule has 0 saturated carbocycles. The summed E-state index contributed by atoms with van der Waals surface area (Å²) in [7, 11) is 0. The van der Waals surface area contributed by atoms with Crippen LogP contribution in [0, 0.1) is 6.92 Å². The van der Waals surface area contributed by atoms with Crippen LogP contribution in [-0.4, -0.2) is 15.9 Å². The minimum atomic E-state index is -0.213. The summed E-state index contributed by atoms with van der Waals surface area (Å²) in [5, 5.41) is 5.52. The SMILES string of the molecule is Cc1nc2ccc(Br)cc2c(=O)n1N=Cc1ccc(OCc2ccccc2Cl)cc1. The van der Waals surface area contributed by atoms with Crippen LogP contribution in [-0.2, 0) is 6.61 Å². The predicted molar refractivity (Wildman–Crippen MR) is 124 cm³/mol. The molecule has 0 amide bonds. The standard InChI is InChI=1S/C23H17BrClN3O2/c1-15-27-22-11-8-18(24)12-20(22)23(29)28(15)26-13-16-6-9-19(10-7-16)30-14-17-4-2-3-5-21(17)25/h2-13H,14H2,1H3. The van der Waals surface area contributed by atoms with Gasteiger partial charge in [0.05, 0.1) is 17.1 Å². The van der Waals surface area contributed by atoms with Crippen molar-refractivity contribution < 1.29 is 4.74 Å². The Morgan fingerprint density at radius 2 is 1.90 bits per heavy atom. The van der Waals surface area contributed by atoms with Crippen LogP contribution in [0.5, 0.6) is 5.75 Å². The second kappa shape index (κ2) is 8.81. The van der Waals surface area contributed by atoms with Gasteiger partial charge in [0, 0.05) is 15.1 Å². The van der Waals surface area contributed by atoms with E-state index in [0.717, 1.165) is 21.3 Å². The van der Waals surface area contributed by atoms with Crippen molar-refractivity contribution in [2.45, 2.75) is 13.5 Å². The summed E-state index contributed by atoms with van der Waals surface area (Å²) >= 11 is 9.54. The fourth-order valence-corrected chi connectivity index (χ4v) is 3.50. The molecule has 0 unspecified atom stereocenters. The Morgan fingerprint density at radius 3 is 2.67 bits per heavy atom. The van der Waals surface area contributed by atoms with E-state index >= 15 is 0 Å². The number of nitrogens with zero attached hydrogens (tertiary/aromatic N) is 3. The molecule has 0 aliphatic rings. The van der Waals surface area contributed by atoms with Crippen molar-refractivity contribution in [2.24, 2.45) is 5.10 Å². The number of rotatable bonds is 5. The molecular formula is C23H17BrClN3O2. The van der Waals surface area contributed by atoms with Crippen molar-refractivity contribution >= 4 is 44.6 Å². The fraction of sp³-hybridized carbons (Fsp3) is 0.0870. The minimum Gasteiger partial charge on any atom is -0.489 e. The van der Waals surface area contributed by atoms with E-state index in [1.165, 1.54) is 4.68 Å². The van der Waals surface area contributed by atoms with Gasteiger partial charge in [-0.15, -0.1) is 0 Å². The molecule has 150 valence electrons. The average Bonchev–Trinajstić information content (AvgIpc) is 2.74. The first kappa shape index (κ1) is 20.3. The first-order valence-electron chi connectivity index (χ1n) is 9.21. The monoisotopic (exact) mass is 481 g/mol. The number of aromatic nitrogens is 2. The Morgan fingerprint density at radius 1 is 1.13 bits per heavy atom. The van der Waals surface area contributed by atoms with Crippen molar-refractivity contribution in [3.05, 3.63) is 104 Å². The lowest BCUT2D eigenvalue weighted by Gasteiger charge is -2.08. The normalized spacial score (nSPS) is 11.3. The molecule has 0 radical (unpaired) electrons. The Kier molecular flexibility index (Phi) is 5.97. The number of ether oxygens (including phenoxy) is 1. The summed E-state index contributed by atoms with van der Waals surface area (Å²) in [4.78, 5) is 17.2. The number of fused-ring (bicyclic) bond motifs is 1. The first-order valence-corrected chi connectivity index (χ1v) is 10.4. The summed E-state index contributed by atoms with van der Waals surface area (Å²) in [5.41, 5.74) is 2.19. The van der Waals surface area contributed by atoms with Gasteiger partial charge >= 0.3 is 0 Å². The Hall–Kier alpha value is -2.96. The minimum absolute atomic E-state index is 0.213. The highest BCUT2D eigenvalue weighted by Gasteiger charge is 2.07. The van der Waals surface area contributed by atoms with Gasteiger partial charge in [-0.1, -0.05) is 45.7 Å². The van der Waals surface area contributed by atoms with Crippen LogP contribution in [0.4, 0.5) is 0 Å². The molecule has 0 bridgehead atoms. The van der Waals surface area contributed by atoms with Crippen LogP contribution in [0.15, 0.2) is 81.1 Å². The third-order valence-corrected chi connectivity index (χ3v) is 5.39. The second-order valence-corrected chi connectivity index (χ2v) is 7.95. The second-order valence-electron chi connectivity index (χ2n) is 6.63. The van der Waals surface area contributed by atoms with Gasteiger partial charge in [0.1, 0.15) is 18.2 Å². The zero-order valence-electron chi connectivity index (χ0n) is 16.0. The molecule has 1 aromatic heterocycles. The van der Waals surface area contributed by atoms with Crippen molar-refractivity contribution in [1.82, 2.24) is 9.66 Å². The summed E-state index contributed by atoms with van der Waals surface area (Å²) in [5.74, 6) is 1.24. The fourth-order valence-electron chi connectivity index (χ4n) is 2.95. The maximum Gasteiger partial charge on any atom is 0.282 e. The lowest BCUT2D eigenvalue weighted by molar-refractivity contribution is 0.306. The van der Waals surface area contributed by atoms with Crippen molar-refractivity contribution in [1.29, 1.82) is 0 Å². The Balaban J connectivity index is 1.52. The zero-order chi connectivity index (χ0) is 21.1. The van der Waals surface area contributed by atoms with E-state index in [9.17, 15) is 4.79 Å². The molecule has 4 aromatic rings. The number of aryl methyl sites for hydroxylation is 1. The molecule has 1 heterocycles. The lowest BCUT2D eigenvalue weighted by Crippen LogP contribution is -2.20. The average molecular weight is 483 g/mol. The highest BCUT2D eigenvalue weighted by atomic mass is 79.9. The number of hydrogen-bond donors (Lipinski definition) is 0. The zero-order valence-corrected chi connectivity index (χ0v) is 18.4. The number of hydrogen-bond acceptors (Lipinski definition) is 4. The van der Waals surface area contributed by atoms with Crippen LogP contribution in [0.2, 0.25) is 5.02 Å². The van der Waals surface area contributed by atoms with Crippen LogP contribution >= 0.6 is 27.5 Å². The molecule has 0 atom stereocenters. The highest BCUT2D eigenvalue weighted by Crippen LogP contribution is 2.19. The Bertz CT molecular complexity index is 1300. The quantitative estimate of drug-likeness (QED) is 0.349. The van der Waals surface area contributed by atoms with Crippen LogP contribution in [0.1, 0.15) is 17.0 Å². The van der Waals surface area contributed by atoms with Gasteiger partial charge in [-0.3, -0.25) is 4.79 Å². The first-order chi connectivity index (χ1) is 14.5. The van der Waals surface area contributed by atoms with Gasteiger partial charge in [-0.2, -0.15) is 9.78 Å². The van der Waals surface area contributed by atoms with Gasteiger partial charge in [0.25, 0.3) is 5.56 Å². The molecule has 3 aromatic carbocycles. The predicted octanol–water partition coefficient (Wildman–Crippen LogP) is 5.58. The van der Waals surface area contributed by atoms with Crippen molar-refractivity contribution in [3.8, 4) is 5.75 Å². The van der Waals surface area contributed by atoms with Gasteiger partial charge in [0.15, 0.2) is 0 Å². The molecule has 4 rings (SSSR count). The molecule has 0 saturated heterocycles. The van der Waals surface area contributed by atoms with Crippen LogP contribution in [0.3, 0.4) is 0 Å². The summed E-state index contributed by atoms with van der Waals surface area (Å²) in [6.07, 6.45) is 1.62. The van der Waals surface area contributed by atoms with Gasteiger partial charge in [-0.05, 0) is 61.0 Å². The van der Waals surface area contributed by atoms with Gasteiger partial charge in [-0.25, -0.2) is 4.98 Å². The third kappa shape index (κ3) is 4.45. The van der Waals surface area contributed by atoms with E-state index in [1.54, 1.807) is 19.2 Å². The number of halogens is 2. The van der Waals surface area contributed by atoms with E-state index in [2.05, 4.69) is 26.0 Å². The molecule has 0 aliphatic carbocycles. The summed E-state index contributed by atoms with van der Waals surface area (Å²) < 4.78 is 7.91. The van der Waals surface area contributed by atoms with E-state index in [0.29, 0.717) is 28.4 Å². The third-order valence-electron chi connectivity index (χ3n) is 4.52. The molecule has 7 heteroatoms. The smallest absolute Gasteiger partial charge is 0.282 e. The molecule has 30 heavy (non-hydrogen) atoms. The maximum atomic E-state index is 12.8. The van der Waals surface area contributed by atoms with E-state index < -0.39 is 0 Å². The highest BCUT2D eigenvalue weighted by molar-refractivity contribution is 9.10. The largest absolute Gasteiger partial charge is 0.489 e. The van der Waals surface area contributed by atoms with Crippen LogP contribution in [0.25, 0.3) is 10.9 Å². The van der Waals surface area contributed by atoms with E-state index in [1.807, 2.05) is 60.7 Å². The lowest BCUT2D eigenvalue weighted by atomic mass is 10.2. The van der Waals surface area contributed by atoms with Crippen molar-refractivity contribution in [3.63, 3.8) is 0 Å². The summed E-state index contributed by atoms with van der Waals surface area (Å²) in [6, 6.07) is 20.4. The maximum absolute atomic E-state index is 12.8. The topological polar surface area (TPSA) is 56.5 Å². The summed E-state index contributed by atoms with van der Waals surface area (Å²) in [6.45, 7) is 2.14. The molecule has 0 fully saturated rings. The Labute approximate surface area is 186 Å². The van der Waals surface area contributed by atoms with Crippen LogP contribution < -0.4 is 10.3 Å². The van der Waals surface area contributed by atoms with Crippen molar-refractivity contribution in [2.75, 3.05) is 0 Å². The van der Waals surface area contributed by atoms with Gasteiger partial charge in [0.2, 0.25) is 0 Å². The molecule has 0 N–H and O–H groups in total. The van der Waals surface area contributed by atoms with E-state index in [-0.39, 0.29) is 5.56 Å². The van der Waals surface area contributed by atoms with Gasteiger partial charge < -0.3 is 4.74 Å². The number of benzene rings is 3. The molecule has 0 aliphatic heterocycles.